The second-order valence-corrected chi connectivity index (χ2v) is 8.02. The van der Waals surface area contributed by atoms with Crippen molar-refractivity contribution in [1.29, 1.82) is 0 Å². The van der Waals surface area contributed by atoms with Crippen LogP contribution >= 0.6 is 0 Å². The number of halogens is 2. The molecule has 1 aliphatic rings. The fourth-order valence-corrected chi connectivity index (χ4v) is 3.84. The second kappa shape index (κ2) is 9.84. The molecule has 176 valence electrons. The number of pyridine rings is 1. The van der Waals surface area contributed by atoms with Crippen LogP contribution in [0.5, 0.6) is 5.88 Å². The monoisotopic (exact) mass is 473 g/mol. The Morgan fingerprint density at radius 3 is 2.66 bits per heavy atom. The van der Waals surface area contributed by atoms with Crippen molar-refractivity contribution >= 4 is 17.5 Å². The molecule has 7 nitrogen and oxygen atoms in total. The van der Waals surface area contributed by atoms with E-state index in [-0.39, 0.29) is 36.2 Å². The van der Waals surface area contributed by atoms with E-state index in [2.05, 4.69) is 20.3 Å². The van der Waals surface area contributed by atoms with Gasteiger partial charge in [0.25, 0.3) is 5.91 Å². The Balaban J connectivity index is 1.41. The maximum absolute atomic E-state index is 13.6. The minimum Gasteiger partial charge on any atom is -0.472 e. The molecule has 0 bridgehead atoms. The van der Waals surface area contributed by atoms with Crippen LogP contribution in [0.15, 0.2) is 73.2 Å². The van der Waals surface area contributed by atoms with Crippen LogP contribution in [0.25, 0.3) is 0 Å². The van der Waals surface area contributed by atoms with Crippen LogP contribution in [0.3, 0.4) is 0 Å². The van der Waals surface area contributed by atoms with Crippen LogP contribution < -0.4 is 15.0 Å². The van der Waals surface area contributed by atoms with Crippen LogP contribution in [-0.4, -0.2) is 27.4 Å². The first-order valence-electron chi connectivity index (χ1n) is 11.0. The molecule has 35 heavy (non-hydrogen) atoms. The normalized spacial score (nSPS) is 12.3. The summed E-state index contributed by atoms with van der Waals surface area (Å²) >= 11 is 0. The molecule has 0 fully saturated rings. The number of benzene rings is 2. The van der Waals surface area contributed by atoms with E-state index in [9.17, 15) is 13.6 Å². The Kier molecular flexibility index (Phi) is 6.30. The molecule has 0 atom stereocenters. The van der Waals surface area contributed by atoms with Crippen molar-refractivity contribution in [3.63, 3.8) is 0 Å². The first-order chi connectivity index (χ1) is 17.1. The van der Waals surface area contributed by atoms with Gasteiger partial charge in [0.1, 0.15) is 23.8 Å². The Bertz CT molecular complexity index is 1350. The lowest BCUT2D eigenvalue weighted by atomic mass is 10.2. The number of amides is 1. The molecule has 1 amide bonds. The van der Waals surface area contributed by atoms with Gasteiger partial charge in [-0.1, -0.05) is 18.2 Å². The number of fused-ring (bicyclic) bond motifs is 1. The van der Waals surface area contributed by atoms with Gasteiger partial charge < -0.3 is 15.0 Å². The Hall–Kier alpha value is -4.40. The first-order valence-corrected chi connectivity index (χ1v) is 11.0. The van der Waals surface area contributed by atoms with Crippen molar-refractivity contribution in [1.82, 2.24) is 20.3 Å². The van der Waals surface area contributed by atoms with Crippen molar-refractivity contribution in [3.8, 4) is 5.88 Å². The van der Waals surface area contributed by atoms with Crippen LogP contribution in [0.2, 0.25) is 0 Å². The smallest absolute Gasteiger partial charge is 0.258 e. The number of nitrogens with zero attached hydrogens (tertiary/aromatic N) is 4. The van der Waals surface area contributed by atoms with Crippen LogP contribution in [0.1, 0.15) is 27.0 Å². The quantitative estimate of drug-likeness (QED) is 0.430. The van der Waals surface area contributed by atoms with Crippen molar-refractivity contribution < 1.29 is 18.3 Å². The van der Waals surface area contributed by atoms with Crippen LogP contribution in [-0.2, 0) is 19.6 Å². The number of aromatic nitrogens is 3. The standard InChI is InChI=1S/C26H21F2N5O2/c27-20-5-3-17(4-6-20)16-35-25-22(24(34)30-14-18-2-1-10-29-13-18)15-31-26(32-25)33-11-9-19-12-21(28)7-8-23(19)33/h1-8,10,12-13,15H,9,11,14,16H2,(H,30,34). The molecule has 3 heterocycles. The lowest BCUT2D eigenvalue weighted by Gasteiger charge is -2.19. The predicted octanol–water partition coefficient (Wildman–Crippen LogP) is 4.35. The molecule has 0 saturated carbocycles. The number of rotatable bonds is 7. The highest BCUT2D eigenvalue weighted by atomic mass is 19.1. The topological polar surface area (TPSA) is 80.2 Å². The number of nitrogens with one attached hydrogen (secondary N) is 1. The largest absolute Gasteiger partial charge is 0.472 e. The highest BCUT2D eigenvalue weighted by Gasteiger charge is 2.25. The van der Waals surface area contributed by atoms with Crippen molar-refractivity contribution in [2.45, 2.75) is 19.6 Å². The second-order valence-electron chi connectivity index (χ2n) is 8.02. The summed E-state index contributed by atoms with van der Waals surface area (Å²) in [5.41, 5.74) is 3.40. The molecular weight excluding hydrogens is 452 g/mol. The Morgan fingerprint density at radius 2 is 1.86 bits per heavy atom. The zero-order valence-corrected chi connectivity index (χ0v) is 18.6. The van der Waals surface area contributed by atoms with Gasteiger partial charge in [-0.15, -0.1) is 0 Å². The maximum atomic E-state index is 13.6. The van der Waals surface area contributed by atoms with Gasteiger partial charge in [-0.25, -0.2) is 13.8 Å². The molecule has 0 radical (unpaired) electrons. The van der Waals surface area contributed by atoms with E-state index in [1.807, 2.05) is 11.0 Å². The average molecular weight is 473 g/mol. The molecular formula is C26H21F2N5O2. The molecule has 4 aromatic rings. The first kappa shape index (κ1) is 22.4. The number of hydrogen-bond donors (Lipinski definition) is 1. The van der Waals surface area contributed by atoms with Crippen LogP contribution in [0, 0.1) is 11.6 Å². The number of ether oxygens (including phenoxy) is 1. The molecule has 5 rings (SSSR count). The zero-order valence-electron chi connectivity index (χ0n) is 18.6. The summed E-state index contributed by atoms with van der Waals surface area (Å²) in [5.74, 6) is -0.613. The third-order valence-corrected chi connectivity index (χ3v) is 5.63. The van der Waals surface area contributed by atoms with Crippen LogP contribution in [0.4, 0.5) is 20.4 Å². The van der Waals surface area contributed by atoms with Gasteiger partial charge in [0.05, 0.1) is 0 Å². The third kappa shape index (κ3) is 5.08. The zero-order chi connectivity index (χ0) is 24.2. The molecule has 0 saturated heterocycles. The SMILES string of the molecule is O=C(NCc1cccnc1)c1cnc(N2CCc3cc(F)ccc32)nc1OCc1ccc(F)cc1. The summed E-state index contributed by atoms with van der Waals surface area (Å²) in [5, 5.41) is 2.83. The summed E-state index contributed by atoms with van der Waals surface area (Å²) in [4.78, 5) is 27.8. The summed E-state index contributed by atoms with van der Waals surface area (Å²) < 4.78 is 32.8. The van der Waals surface area contributed by atoms with E-state index < -0.39 is 5.91 Å². The molecule has 0 unspecified atom stereocenters. The van der Waals surface area contributed by atoms with Gasteiger partial charge in [0, 0.05) is 37.4 Å². The molecule has 0 aliphatic carbocycles. The predicted molar refractivity (Wildman–Crippen MR) is 125 cm³/mol. The van der Waals surface area contributed by atoms with Gasteiger partial charge in [0.15, 0.2) is 0 Å². The molecule has 1 N–H and O–H groups in total. The van der Waals surface area contributed by atoms with E-state index in [1.165, 1.54) is 30.5 Å². The number of carbonyl (C=O) groups is 1. The lowest BCUT2D eigenvalue weighted by molar-refractivity contribution is 0.0945. The molecule has 1 aliphatic heterocycles. The van der Waals surface area contributed by atoms with Crippen molar-refractivity contribution in [2.24, 2.45) is 0 Å². The molecule has 2 aromatic heterocycles. The fraction of sp³-hybridized carbons (Fsp3) is 0.154. The molecule has 2 aromatic carbocycles. The van der Waals surface area contributed by atoms with E-state index in [4.69, 9.17) is 4.74 Å². The minimum atomic E-state index is -0.404. The van der Waals surface area contributed by atoms with Crippen molar-refractivity contribution in [3.05, 3.63) is 107 Å². The van der Waals surface area contributed by atoms with Gasteiger partial charge >= 0.3 is 0 Å². The fourth-order valence-electron chi connectivity index (χ4n) is 3.84. The van der Waals surface area contributed by atoms with E-state index in [0.29, 0.717) is 18.9 Å². The Labute approximate surface area is 200 Å². The lowest BCUT2D eigenvalue weighted by Crippen LogP contribution is -2.25. The van der Waals surface area contributed by atoms with Gasteiger partial charge in [0.2, 0.25) is 11.8 Å². The molecule has 9 heteroatoms. The molecule has 0 spiro atoms. The summed E-state index contributed by atoms with van der Waals surface area (Å²) in [6.07, 6.45) is 5.39. The summed E-state index contributed by atoms with van der Waals surface area (Å²) in [6, 6.07) is 14.1. The maximum Gasteiger partial charge on any atom is 0.258 e. The number of hydrogen-bond acceptors (Lipinski definition) is 6. The van der Waals surface area contributed by atoms with E-state index in [0.717, 1.165) is 22.4 Å². The summed E-state index contributed by atoms with van der Waals surface area (Å²) in [6.45, 7) is 0.932. The van der Waals surface area contributed by atoms with Gasteiger partial charge in [-0.05, 0) is 59.5 Å². The highest BCUT2D eigenvalue weighted by Crippen LogP contribution is 2.34. The van der Waals surface area contributed by atoms with Crippen molar-refractivity contribution in [2.75, 3.05) is 11.4 Å². The minimum absolute atomic E-state index is 0.0847. The van der Waals surface area contributed by atoms with E-state index in [1.54, 1.807) is 36.7 Å². The third-order valence-electron chi connectivity index (χ3n) is 5.63. The number of carbonyl (C=O) groups excluding carboxylic acids is 1. The average Bonchev–Trinajstić information content (AvgIpc) is 3.30. The number of anilines is 2. The van der Waals surface area contributed by atoms with E-state index >= 15 is 0 Å². The van der Waals surface area contributed by atoms with Gasteiger partial charge in [-0.2, -0.15) is 4.98 Å². The summed E-state index contributed by atoms with van der Waals surface area (Å²) in [7, 11) is 0. The van der Waals surface area contributed by atoms with Gasteiger partial charge in [-0.3, -0.25) is 9.78 Å². The Morgan fingerprint density at radius 1 is 1.03 bits per heavy atom. The highest BCUT2D eigenvalue weighted by molar-refractivity contribution is 5.96.